The summed E-state index contributed by atoms with van der Waals surface area (Å²) in [4.78, 5) is 15.4. The van der Waals surface area contributed by atoms with E-state index in [9.17, 15) is 9.13 Å². The second-order valence-electron chi connectivity index (χ2n) is 0.634. The Morgan fingerprint density at radius 3 is 1.44 bits per heavy atom. The van der Waals surface area contributed by atoms with Gasteiger partial charge in [0.25, 0.3) is 0 Å². The predicted octanol–water partition coefficient (Wildman–Crippen LogP) is 0.778. The van der Waals surface area contributed by atoms with Crippen LogP contribution in [0.5, 0.6) is 0 Å². The van der Waals surface area contributed by atoms with Crippen molar-refractivity contribution in [2.75, 3.05) is 5.83 Å². The van der Waals surface area contributed by atoms with Gasteiger partial charge in [0.2, 0.25) is 0 Å². The van der Waals surface area contributed by atoms with E-state index in [1.54, 1.807) is 0 Å². The zero-order chi connectivity index (χ0) is 7.86. The smallest absolute Gasteiger partial charge is 0.323 e. The summed E-state index contributed by atoms with van der Waals surface area (Å²) in [5.41, 5.74) is 0. The van der Waals surface area contributed by atoms with Gasteiger partial charge in [0, 0.05) is 0 Å². The Morgan fingerprint density at radius 1 is 1.22 bits per heavy atom. The van der Waals surface area contributed by atoms with Crippen LogP contribution in [-0.4, -0.2) is 15.6 Å². The molecule has 8 heteroatoms. The summed E-state index contributed by atoms with van der Waals surface area (Å²) in [5, 5.41) is 0. The molecule has 0 radical (unpaired) electrons. The van der Waals surface area contributed by atoms with Crippen molar-refractivity contribution in [2.45, 2.75) is 0 Å². The summed E-state index contributed by atoms with van der Waals surface area (Å²) < 4.78 is 22.3. The third kappa shape index (κ3) is 17.7. The first-order chi connectivity index (χ1) is 4.13. The standard InChI is InChI=1S/CH3Br.H4O5P2/c1-2;1-6(2)5-7(3)4/h1H3;6-7H,(H,1,2)(H,3,4). The maximum Gasteiger partial charge on any atom is 0.323 e. The Hall–Kier alpha value is 0.820. The fraction of sp³-hybridized carbons (Fsp3) is 1.00. The minimum Gasteiger partial charge on any atom is -0.326 e. The van der Waals surface area contributed by atoms with Gasteiger partial charge >= 0.3 is 16.5 Å². The summed E-state index contributed by atoms with van der Waals surface area (Å²) in [6.07, 6.45) is 0. The van der Waals surface area contributed by atoms with E-state index in [4.69, 9.17) is 9.79 Å². The van der Waals surface area contributed by atoms with Crippen molar-refractivity contribution in [2.24, 2.45) is 0 Å². The van der Waals surface area contributed by atoms with Crippen molar-refractivity contribution in [3.63, 3.8) is 0 Å². The molecule has 2 unspecified atom stereocenters. The molecule has 0 saturated carbocycles. The lowest BCUT2D eigenvalue weighted by Gasteiger charge is -1.86. The molecule has 0 heterocycles. The van der Waals surface area contributed by atoms with Crippen LogP contribution in [-0.2, 0) is 13.4 Å². The molecular formula is CH7BrO5P2. The summed E-state index contributed by atoms with van der Waals surface area (Å²) in [5.74, 6) is 1.81. The molecule has 0 aliphatic heterocycles. The zero-order valence-electron chi connectivity index (χ0n) is 4.50. The van der Waals surface area contributed by atoms with E-state index in [2.05, 4.69) is 20.2 Å². The van der Waals surface area contributed by atoms with Crippen molar-refractivity contribution >= 4 is 32.4 Å². The fourth-order valence-corrected chi connectivity index (χ4v) is 0.672. The maximum atomic E-state index is 9.44. The van der Waals surface area contributed by atoms with Gasteiger partial charge in [-0.05, 0) is 5.83 Å². The van der Waals surface area contributed by atoms with Crippen molar-refractivity contribution in [3.8, 4) is 0 Å². The highest BCUT2D eigenvalue weighted by Gasteiger charge is 1.93. The molecule has 0 spiro atoms. The highest BCUT2D eigenvalue weighted by atomic mass is 79.9. The highest BCUT2D eigenvalue weighted by Crippen LogP contribution is 2.30. The highest BCUT2D eigenvalue weighted by molar-refractivity contribution is 9.08. The van der Waals surface area contributed by atoms with Crippen molar-refractivity contribution in [3.05, 3.63) is 0 Å². The number of halogens is 1. The monoisotopic (exact) mass is 240 g/mol. The van der Waals surface area contributed by atoms with Gasteiger partial charge in [-0.1, -0.05) is 15.9 Å². The molecule has 58 valence electrons. The van der Waals surface area contributed by atoms with Gasteiger partial charge in [-0.2, -0.15) is 0 Å². The SMILES string of the molecule is CBr.O=[PH](O)O[PH](=O)O. The lowest BCUT2D eigenvalue weighted by Crippen LogP contribution is -1.58. The molecule has 0 saturated heterocycles. The largest absolute Gasteiger partial charge is 0.326 e. The predicted molar refractivity (Wildman–Crippen MR) is 38.4 cm³/mol. The first-order valence-electron chi connectivity index (χ1n) is 1.64. The van der Waals surface area contributed by atoms with Gasteiger partial charge in [0.05, 0.1) is 0 Å². The molecule has 0 aliphatic carbocycles. The van der Waals surface area contributed by atoms with Gasteiger partial charge in [-0.15, -0.1) is 0 Å². The maximum absolute atomic E-state index is 9.44. The van der Waals surface area contributed by atoms with Gasteiger partial charge < -0.3 is 9.79 Å². The Morgan fingerprint density at radius 2 is 1.44 bits per heavy atom. The molecule has 9 heavy (non-hydrogen) atoms. The van der Waals surface area contributed by atoms with E-state index in [0.29, 0.717) is 0 Å². The Bertz CT molecular complexity index is 91.1. The minimum atomic E-state index is -3.20. The van der Waals surface area contributed by atoms with Crippen LogP contribution in [0, 0.1) is 0 Å². The Kier molecular flexibility index (Phi) is 12.2. The van der Waals surface area contributed by atoms with E-state index >= 15 is 0 Å². The topological polar surface area (TPSA) is 83.8 Å². The molecule has 0 amide bonds. The molecule has 2 atom stereocenters. The van der Waals surface area contributed by atoms with Gasteiger partial charge in [-0.25, -0.2) is 4.31 Å². The zero-order valence-corrected chi connectivity index (χ0v) is 8.08. The van der Waals surface area contributed by atoms with Crippen LogP contribution >= 0.6 is 32.4 Å². The second-order valence-corrected chi connectivity index (χ2v) is 2.51. The van der Waals surface area contributed by atoms with Crippen LogP contribution in [0.15, 0.2) is 0 Å². The summed E-state index contributed by atoms with van der Waals surface area (Å²) in [6, 6.07) is 0. The van der Waals surface area contributed by atoms with Gasteiger partial charge in [-0.3, -0.25) is 9.13 Å². The number of rotatable bonds is 2. The summed E-state index contributed by atoms with van der Waals surface area (Å²) in [7, 11) is -6.40. The van der Waals surface area contributed by atoms with Crippen LogP contribution < -0.4 is 0 Å². The first kappa shape index (κ1) is 12.5. The quantitative estimate of drug-likeness (QED) is 0.551. The third-order valence-electron chi connectivity index (χ3n) is 0.175. The summed E-state index contributed by atoms with van der Waals surface area (Å²) in [6.45, 7) is 0. The molecule has 0 aromatic carbocycles. The molecule has 0 aromatic heterocycles. The second kappa shape index (κ2) is 8.82. The van der Waals surface area contributed by atoms with E-state index in [-0.39, 0.29) is 0 Å². The van der Waals surface area contributed by atoms with E-state index in [1.807, 2.05) is 5.83 Å². The van der Waals surface area contributed by atoms with Crippen molar-refractivity contribution in [1.29, 1.82) is 0 Å². The third-order valence-corrected chi connectivity index (χ3v) is 1.57. The summed E-state index contributed by atoms with van der Waals surface area (Å²) >= 11 is 2.94. The Balaban J connectivity index is 0. The van der Waals surface area contributed by atoms with Crippen LogP contribution in [0.25, 0.3) is 0 Å². The van der Waals surface area contributed by atoms with E-state index in [1.165, 1.54) is 0 Å². The molecule has 0 bridgehead atoms. The minimum absolute atomic E-state index is 1.81. The van der Waals surface area contributed by atoms with E-state index < -0.39 is 16.5 Å². The lowest BCUT2D eigenvalue weighted by atomic mass is 12.0. The number of hydrogen-bond acceptors (Lipinski definition) is 3. The lowest BCUT2D eigenvalue weighted by molar-refractivity contribution is 0.371. The molecule has 2 N–H and O–H groups in total. The van der Waals surface area contributed by atoms with Crippen LogP contribution in [0.2, 0.25) is 0 Å². The average Bonchev–Trinajstić information content (AvgIpc) is 1.68. The molecular weight excluding hydrogens is 234 g/mol. The van der Waals surface area contributed by atoms with Crippen LogP contribution in [0.1, 0.15) is 0 Å². The van der Waals surface area contributed by atoms with Gasteiger partial charge in [0.1, 0.15) is 0 Å². The number of alkyl halides is 1. The Labute approximate surface area is 62.1 Å². The molecule has 0 aromatic rings. The van der Waals surface area contributed by atoms with Gasteiger partial charge in [0.15, 0.2) is 0 Å². The van der Waals surface area contributed by atoms with Crippen LogP contribution in [0.3, 0.4) is 0 Å². The fourth-order valence-electron chi connectivity index (χ4n) is 0.0747. The molecule has 0 rings (SSSR count). The number of hydrogen-bond donors (Lipinski definition) is 2. The normalized spacial score (nSPS) is 15.1. The average molecular weight is 241 g/mol. The first-order valence-corrected chi connectivity index (χ1v) is 5.76. The van der Waals surface area contributed by atoms with Crippen molar-refractivity contribution < 1.29 is 23.2 Å². The van der Waals surface area contributed by atoms with Crippen LogP contribution in [0.4, 0.5) is 0 Å². The molecule has 0 aliphatic rings. The molecule has 0 fully saturated rings. The van der Waals surface area contributed by atoms with E-state index in [0.717, 1.165) is 0 Å². The van der Waals surface area contributed by atoms with Crippen molar-refractivity contribution in [1.82, 2.24) is 0 Å². The molecule has 5 nitrogen and oxygen atoms in total.